The van der Waals surface area contributed by atoms with Gasteiger partial charge in [0.25, 0.3) is 0 Å². The number of sulfone groups is 1. The summed E-state index contributed by atoms with van der Waals surface area (Å²) in [7, 11) is -2.98. The van der Waals surface area contributed by atoms with Crippen molar-refractivity contribution in [3.8, 4) is 0 Å². The lowest BCUT2D eigenvalue weighted by atomic mass is 10.2. The van der Waals surface area contributed by atoms with Crippen LogP contribution in [0.1, 0.15) is 12.7 Å². The summed E-state index contributed by atoms with van der Waals surface area (Å²) in [6.45, 7) is 4.96. The summed E-state index contributed by atoms with van der Waals surface area (Å²) in [6, 6.07) is 11.7. The van der Waals surface area contributed by atoms with Gasteiger partial charge in [-0.05, 0) is 25.0 Å². The first-order valence-electron chi connectivity index (χ1n) is 8.04. The van der Waals surface area contributed by atoms with Crippen molar-refractivity contribution in [3.05, 3.63) is 42.2 Å². The van der Waals surface area contributed by atoms with Crippen molar-refractivity contribution in [1.29, 1.82) is 0 Å². The van der Waals surface area contributed by atoms with Gasteiger partial charge in [0.2, 0.25) is 0 Å². The Morgan fingerprint density at radius 3 is 2.71 bits per heavy atom. The molecule has 0 bridgehead atoms. The smallest absolute Gasteiger partial charge is 0.152 e. The Labute approximate surface area is 142 Å². The molecule has 1 aliphatic rings. The summed E-state index contributed by atoms with van der Waals surface area (Å²) in [5.74, 6) is 2.63. The van der Waals surface area contributed by atoms with E-state index in [-0.39, 0.29) is 17.4 Å². The number of aromatic nitrogens is 2. The Kier molecular flexibility index (Phi) is 4.71. The molecule has 1 unspecified atom stereocenters. The third kappa shape index (κ3) is 4.23. The first-order chi connectivity index (χ1) is 11.4. The summed E-state index contributed by atoms with van der Waals surface area (Å²) in [4.78, 5) is 11.0. The molecular formula is C17H22N4O2S. The molecule has 128 valence electrons. The molecule has 1 fully saturated rings. The molecular weight excluding hydrogens is 324 g/mol. The number of aryl methyl sites for hydroxylation is 1. The van der Waals surface area contributed by atoms with E-state index in [0.29, 0.717) is 24.7 Å². The van der Waals surface area contributed by atoms with Crippen LogP contribution in [-0.2, 0) is 9.84 Å². The van der Waals surface area contributed by atoms with E-state index in [9.17, 15) is 8.42 Å². The van der Waals surface area contributed by atoms with Crippen LogP contribution in [0, 0.1) is 12.8 Å². The van der Waals surface area contributed by atoms with E-state index in [0.717, 1.165) is 11.5 Å². The molecule has 0 aliphatic carbocycles. The lowest BCUT2D eigenvalue weighted by Crippen LogP contribution is -2.30. The highest BCUT2D eigenvalue weighted by Crippen LogP contribution is 2.22. The fourth-order valence-electron chi connectivity index (χ4n) is 2.94. The Morgan fingerprint density at radius 1 is 1.21 bits per heavy atom. The number of anilines is 3. The predicted octanol–water partition coefficient (Wildman–Crippen LogP) is 2.40. The van der Waals surface area contributed by atoms with E-state index in [1.807, 2.05) is 55.1 Å². The SMILES string of the molecule is Cc1nc(Nc2ccccc2)cc(N2CCS(=O)(=O)CC(C)C2)n1. The average molecular weight is 346 g/mol. The largest absolute Gasteiger partial charge is 0.355 e. The van der Waals surface area contributed by atoms with Gasteiger partial charge in [-0.25, -0.2) is 18.4 Å². The Morgan fingerprint density at radius 2 is 1.96 bits per heavy atom. The molecule has 1 saturated heterocycles. The van der Waals surface area contributed by atoms with Crippen molar-refractivity contribution in [2.75, 3.05) is 34.8 Å². The lowest BCUT2D eigenvalue weighted by Gasteiger charge is -2.24. The molecule has 7 heteroatoms. The van der Waals surface area contributed by atoms with Crippen molar-refractivity contribution >= 4 is 27.2 Å². The molecule has 0 saturated carbocycles. The molecule has 1 atom stereocenters. The van der Waals surface area contributed by atoms with Gasteiger partial charge in [-0.2, -0.15) is 0 Å². The molecule has 0 spiro atoms. The second-order valence-electron chi connectivity index (χ2n) is 6.32. The minimum Gasteiger partial charge on any atom is -0.355 e. The maximum Gasteiger partial charge on any atom is 0.152 e. The number of benzene rings is 1. The van der Waals surface area contributed by atoms with E-state index >= 15 is 0 Å². The van der Waals surface area contributed by atoms with Gasteiger partial charge in [0, 0.05) is 24.8 Å². The van der Waals surface area contributed by atoms with Gasteiger partial charge in [-0.3, -0.25) is 0 Å². The van der Waals surface area contributed by atoms with Crippen molar-refractivity contribution in [1.82, 2.24) is 9.97 Å². The molecule has 1 aliphatic heterocycles. The van der Waals surface area contributed by atoms with E-state index in [4.69, 9.17) is 0 Å². The summed E-state index contributed by atoms with van der Waals surface area (Å²) in [5.41, 5.74) is 0.952. The second-order valence-corrected chi connectivity index (χ2v) is 8.54. The molecule has 0 radical (unpaired) electrons. The molecule has 24 heavy (non-hydrogen) atoms. The topological polar surface area (TPSA) is 75.2 Å². The minimum absolute atomic E-state index is 0.0818. The van der Waals surface area contributed by atoms with Crippen LogP contribution in [0.4, 0.5) is 17.3 Å². The average Bonchev–Trinajstić information content (AvgIpc) is 2.65. The molecule has 1 N–H and O–H groups in total. The van der Waals surface area contributed by atoms with Crippen molar-refractivity contribution in [2.24, 2.45) is 5.92 Å². The minimum atomic E-state index is -2.98. The first-order valence-corrected chi connectivity index (χ1v) is 9.86. The van der Waals surface area contributed by atoms with Crippen molar-refractivity contribution in [3.63, 3.8) is 0 Å². The number of nitrogens with zero attached hydrogens (tertiary/aromatic N) is 3. The zero-order valence-electron chi connectivity index (χ0n) is 13.9. The van der Waals surface area contributed by atoms with Crippen LogP contribution in [0.3, 0.4) is 0 Å². The summed E-state index contributed by atoms with van der Waals surface area (Å²) >= 11 is 0. The summed E-state index contributed by atoms with van der Waals surface area (Å²) < 4.78 is 23.9. The van der Waals surface area contributed by atoms with E-state index in [1.165, 1.54) is 0 Å². The van der Waals surface area contributed by atoms with Crippen molar-refractivity contribution < 1.29 is 8.42 Å². The van der Waals surface area contributed by atoms with Crippen LogP contribution in [0.15, 0.2) is 36.4 Å². The third-order valence-corrected chi connectivity index (χ3v) is 5.82. The lowest BCUT2D eigenvalue weighted by molar-refractivity contribution is 0.581. The van der Waals surface area contributed by atoms with Crippen LogP contribution in [0.2, 0.25) is 0 Å². The highest BCUT2D eigenvalue weighted by Gasteiger charge is 2.25. The van der Waals surface area contributed by atoms with Gasteiger partial charge < -0.3 is 10.2 Å². The van der Waals surface area contributed by atoms with Crippen LogP contribution in [0.5, 0.6) is 0 Å². The van der Waals surface area contributed by atoms with E-state index < -0.39 is 9.84 Å². The van der Waals surface area contributed by atoms with Gasteiger partial charge in [-0.1, -0.05) is 25.1 Å². The zero-order valence-corrected chi connectivity index (χ0v) is 14.8. The quantitative estimate of drug-likeness (QED) is 0.920. The number of rotatable bonds is 3. The van der Waals surface area contributed by atoms with Gasteiger partial charge in [0.15, 0.2) is 9.84 Å². The third-order valence-electron chi connectivity index (χ3n) is 3.94. The fraction of sp³-hybridized carbons (Fsp3) is 0.412. The Balaban J connectivity index is 1.85. The fourth-order valence-corrected chi connectivity index (χ4v) is 4.58. The zero-order chi connectivity index (χ0) is 17.2. The molecule has 1 aromatic carbocycles. The van der Waals surface area contributed by atoms with Gasteiger partial charge in [0.1, 0.15) is 17.5 Å². The van der Waals surface area contributed by atoms with Gasteiger partial charge >= 0.3 is 0 Å². The number of hydrogen-bond acceptors (Lipinski definition) is 6. The van der Waals surface area contributed by atoms with Gasteiger partial charge in [0.05, 0.1) is 11.5 Å². The van der Waals surface area contributed by atoms with E-state index in [1.54, 1.807) is 0 Å². The Hall–Kier alpha value is -2.15. The predicted molar refractivity (Wildman–Crippen MR) is 96.5 cm³/mol. The monoisotopic (exact) mass is 346 g/mol. The van der Waals surface area contributed by atoms with Crippen LogP contribution < -0.4 is 10.2 Å². The van der Waals surface area contributed by atoms with Gasteiger partial charge in [-0.15, -0.1) is 0 Å². The molecule has 2 heterocycles. The highest BCUT2D eigenvalue weighted by atomic mass is 32.2. The van der Waals surface area contributed by atoms with Crippen LogP contribution in [-0.4, -0.2) is 43.0 Å². The number of nitrogens with one attached hydrogen (secondary N) is 1. The first kappa shape index (κ1) is 16.7. The number of hydrogen-bond donors (Lipinski definition) is 1. The molecule has 3 rings (SSSR count). The molecule has 6 nitrogen and oxygen atoms in total. The molecule has 2 aromatic rings. The highest BCUT2D eigenvalue weighted by molar-refractivity contribution is 7.91. The number of para-hydroxylation sites is 1. The standard InChI is InChI=1S/C17H22N4O2S/c1-13-11-21(8-9-24(22,23)12-13)17-10-16(18-14(2)19-17)20-15-6-4-3-5-7-15/h3-7,10,13H,8-9,11-12H2,1-2H3,(H,18,19,20). The summed E-state index contributed by atoms with van der Waals surface area (Å²) in [5, 5.41) is 3.27. The van der Waals surface area contributed by atoms with Crippen LogP contribution in [0.25, 0.3) is 0 Å². The maximum atomic E-state index is 12.0. The van der Waals surface area contributed by atoms with Crippen LogP contribution >= 0.6 is 0 Å². The maximum absolute atomic E-state index is 12.0. The summed E-state index contributed by atoms with van der Waals surface area (Å²) in [6.07, 6.45) is 0. The second kappa shape index (κ2) is 6.76. The molecule has 0 amide bonds. The van der Waals surface area contributed by atoms with Crippen molar-refractivity contribution in [2.45, 2.75) is 13.8 Å². The van der Waals surface area contributed by atoms with E-state index in [2.05, 4.69) is 15.3 Å². The molecule has 1 aromatic heterocycles. The normalized spacial score (nSPS) is 20.4. The Bertz CT molecular complexity index is 809.